The number of hydrogen-bond donors (Lipinski definition) is 1. The maximum Gasteiger partial charge on any atom is 0.235 e. The molecule has 6 nitrogen and oxygen atoms in total. The average Bonchev–Trinajstić information content (AvgIpc) is 2.74. The minimum Gasteiger partial charge on any atom is -0.497 e. The zero-order valence-electron chi connectivity index (χ0n) is 15.5. The second-order valence-corrected chi connectivity index (χ2v) is 6.40. The number of anilines is 1. The molecule has 140 valence electrons. The van der Waals surface area contributed by atoms with Crippen molar-refractivity contribution in [3.05, 3.63) is 53.6 Å². The first-order chi connectivity index (χ1) is 13.1. The molecule has 1 heterocycles. The van der Waals surface area contributed by atoms with Gasteiger partial charge in [0.2, 0.25) is 5.91 Å². The van der Waals surface area contributed by atoms with Gasteiger partial charge in [-0.3, -0.25) is 4.79 Å². The summed E-state index contributed by atoms with van der Waals surface area (Å²) in [5.74, 6) is 1.12. The minimum absolute atomic E-state index is 0.106. The van der Waals surface area contributed by atoms with Gasteiger partial charge in [-0.15, -0.1) is 0 Å². The molecule has 1 N–H and O–H groups in total. The summed E-state index contributed by atoms with van der Waals surface area (Å²) in [5.41, 5.74) is 1.19. The summed E-state index contributed by atoms with van der Waals surface area (Å²) in [6.45, 7) is 1.04. The zero-order valence-corrected chi connectivity index (χ0v) is 15.5. The van der Waals surface area contributed by atoms with Crippen molar-refractivity contribution in [3.8, 4) is 17.6 Å². The number of methoxy groups -OCH3 is 2. The number of nitrogens with one attached hydrogen (secondary N) is 1. The van der Waals surface area contributed by atoms with E-state index in [2.05, 4.69) is 11.4 Å². The standard InChI is InChI=1S/C21H22N2O4/c1-25-18-6-3-16(4-7-18)21(9-11-27-12-10-21)20(24)23-17-5-8-19(26-2)15(13-17)14-22/h3-8,13H,9-12H2,1-2H3,(H,23,24). The Kier molecular flexibility index (Phi) is 5.63. The molecule has 1 aliphatic heterocycles. The molecule has 2 aromatic rings. The van der Waals surface area contributed by atoms with Gasteiger partial charge in [0.05, 0.1) is 25.2 Å². The molecule has 0 bridgehead atoms. The number of carbonyl (C=O) groups is 1. The third-order valence-corrected chi connectivity index (χ3v) is 5.00. The van der Waals surface area contributed by atoms with Crippen molar-refractivity contribution in [2.45, 2.75) is 18.3 Å². The van der Waals surface area contributed by atoms with Gasteiger partial charge in [0.1, 0.15) is 17.6 Å². The first-order valence-electron chi connectivity index (χ1n) is 8.75. The maximum atomic E-state index is 13.3. The molecule has 1 saturated heterocycles. The second kappa shape index (κ2) is 8.11. The third kappa shape index (κ3) is 3.74. The van der Waals surface area contributed by atoms with E-state index in [-0.39, 0.29) is 5.91 Å². The van der Waals surface area contributed by atoms with Crippen molar-refractivity contribution >= 4 is 11.6 Å². The summed E-state index contributed by atoms with van der Waals surface area (Å²) < 4.78 is 15.9. The van der Waals surface area contributed by atoms with Gasteiger partial charge in [-0.2, -0.15) is 5.26 Å². The van der Waals surface area contributed by atoms with E-state index >= 15 is 0 Å². The van der Waals surface area contributed by atoms with Crippen LogP contribution in [-0.4, -0.2) is 33.3 Å². The van der Waals surface area contributed by atoms with Gasteiger partial charge in [0, 0.05) is 18.9 Å². The van der Waals surface area contributed by atoms with Crippen LogP contribution in [0.5, 0.6) is 11.5 Å². The molecule has 0 spiro atoms. The van der Waals surface area contributed by atoms with Crippen LogP contribution in [0.1, 0.15) is 24.0 Å². The number of rotatable bonds is 5. The highest BCUT2D eigenvalue weighted by atomic mass is 16.5. The van der Waals surface area contributed by atoms with Gasteiger partial charge in [-0.05, 0) is 48.7 Å². The molecule has 6 heteroatoms. The van der Waals surface area contributed by atoms with Crippen LogP contribution >= 0.6 is 0 Å². The Balaban J connectivity index is 1.91. The lowest BCUT2D eigenvalue weighted by Gasteiger charge is -2.36. The van der Waals surface area contributed by atoms with E-state index in [4.69, 9.17) is 14.2 Å². The van der Waals surface area contributed by atoms with E-state index < -0.39 is 5.41 Å². The molecule has 0 atom stereocenters. The Bertz CT molecular complexity index is 849. The van der Waals surface area contributed by atoms with E-state index in [0.29, 0.717) is 43.1 Å². The number of nitriles is 1. The van der Waals surface area contributed by atoms with Crippen molar-refractivity contribution in [3.63, 3.8) is 0 Å². The second-order valence-electron chi connectivity index (χ2n) is 6.40. The molecule has 1 amide bonds. The lowest BCUT2D eigenvalue weighted by molar-refractivity contribution is -0.125. The molecule has 2 aromatic carbocycles. The molecule has 0 radical (unpaired) electrons. The van der Waals surface area contributed by atoms with Gasteiger partial charge >= 0.3 is 0 Å². The summed E-state index contributed by atoms with van der Waals surface area (Å²) in [6, 6.07) is 14.7. The number of ether oxygens (including phenoxy) is 3. The highest BCUT2D eigenvalue weighted by Crippen LogP contribution is 2.37. The Morgan fingerprint density at radius 2 is 1.81 bits per heavy atom. The van der Waals surface area contributed by atoms with Crippen molar-refractivity contribution in [1.29, 1.82) is 5.26 Å². The van der Waals surface area contributed by atoms with E-state index in [9.17, 15) is 10.1 Å². The Hall–Kier alpha value is -3.04. The monoisotopic (exact) mass is 366 g/mol. The molecular weight excluding hydrogens is 344 g/mol. The molecule has 0 unspecified atom stereocenters. The molecule has 27 heavy (non-hydrogen) atoms. The molecular formula is C21H22N2O4. The minimum atomic E-state index is -0.683. The molecule has 0 saturated carbocycles. The molecule has 1 aliphatic rings. The highest BCUT2D eigenvalue weighted by molar-refractivity contribution is 5.99. The Morgan fingerprint density at radius 1 is 1.11 bits per heavy atom. The summed E-state index contributed by atoms with van der Waals surface area (Å²) >= 11 is 0. The van der Waals surface area contributed by atoms with Gasteiger partial charge in [-0.25, -0.2) is 0 Å². The van der Waals surface area contributed by atoms with Gasteiger partial charge in [0.15, 0.2) is 0 Å². The van der Waals surface area contributed by atoms with Crippen molar-refractivity contribution in [2.24, 2.45) is 0 Å². The maximum absolute atomic E-state index is 13.3. The number of carbonyl (C=O) groups excluding carboxylic acids is 1. The lowest BCUT2D eigenvalue weighted by atomic mass is 9.73. The van der Waals surface area contributed by atoms with Crippen LogP contribution < -0.4 is 14.8 Å². The average molecular weight is 366 g/mol. The van der Waals surface area contributed by atoms with Crippen LogP contribution in [0.15, 0.2) is 42.5 Å². The molecule has 0 aliphatic carbocycles. The number of benzene rings is 2. The van der Waals surface area contributed by atoms with Crippen LogP contribution in [-0.2, 0) is 14.9 Å². The van der Waals surface area contributed by atoms with Crippen LogP contribution in [0.25, 0.3) is 0 Å². The molecule has 0 aromatic heterocycles. The number of hydrogen-bond acceptors (Lipinski definition) is 5. The number of nitrogens with zero attached hydrogens (tertiary/aromatic N) is 1. The van der Waals surface area contributed by atoms with Crippen molar-refractivity contribution in [2.75, 3.05) is 32.8 Å². The normalized spacial score (nSPS) is 15.4. The molecule has 3 rings (SSSR count). The van der Waals surface area contributed by atoms with Gasteiger partial charge < -0.3 is 19.5 Å². The Morgan fingerprint density at radius 3 is 2.41 bits per heavy atom. The van der Waals surface area contributed by atoms with Crippen molar-refractivity contribution < 1.29 is 19.0 Å². The largest absolute Gasteiger partial charge is 0.497 e. The summed E-state index contributed by atoms with van der Waals surface area (Å²) in [7, 11) is 3.12. The fourth-order valence-electron chi connectivity index (χ4n) is 3.40. The predicted octanol–water partition coefficient (Wildman–Crippen LogP) is 3.26. The van der Waals surface area contributed by atoms with E-state index in [1.807, 2.05) is 24.3 Å². The topological polar surface area (TPSA) is 80.6 Å². The first kappa shape index (κ1) is 18.7. The van der Waals surface area contributed by atoms with Crippen LogP contribution in [0.3, 0.4) is 0 Å². The predicted molar refractivity (Wildman–Crippen MR) is 101 cm³/mol. The van der Waals surface area contributed by atoms with Crippen LogP contribution in [0, 0.1) is 11.3 Å². The SMILES string of the molecule is COc1ccc(C2(C(=O)Nc3ccc(OC)c(C#N)c3)CCOCC2)cc1. The fraction of sp³-hybridized carbons (Fsp3) is 0.333. The van der Waals surface area contributed by atoms with Crippen LogP contribution in [0.2, 0.25) is 0 Å². The third-order valence-electron chi connectivity index (χ3n) is 5.00. The van der Waals surface area contributed by atoms with Crippen molar-refractivity contribution in [1.82, 2.24) is 0 Å². The highest BCUT2D eigenvalue weighted by Gasteiger charge is 2.41. The van der Waals surface area contributed by atoms with E-state index in [1.165, 1.54) is 7.11 Å². The number of amides is 1. The summed E-state index contributed by atoms with van der Waals surface area (Å²) in [4.78, 5) is 13.3. The summed E-state index contributed by atoms with van der Waals surface area (Å²) in [6.07, 6.45) is 1.18. The van der Waals surface area contributed by atoms with E-state index in [0.717, 1.165) is 11.3 Å². The van der Waals surface area contributed by atoms with Gasteiger partial charge in [-0.1, -0.05) is 12.1 Å². The zero-order chi connectivity index (χ0) is 19.3. The van der Waals surface area contributed by atoms with Gasteiger partial charge in [0.25, 0.3) is 0 Å². The van der Waals surface area contributed by atoms with Crippen LogP contribution in [0.4, 0.5) is 5.69 Å². The smallest absolute Gasteiger partial charge is 0.235 e. The lowest BCUT2D eigenvalue weighted by Crippen LogP contribution is -2.44. The Labute approximate surface area is 158 Å². The molecule has 1 fully saturated rings. The quantitative estimate of drug-likeness (QED) is 0.878. The summed E-state index contributed by atoms with van der Waals surface area (Å²) in [5, 5.41) is 12.2. The first-order valence-corrected chi connectivity index (χ1v) is 8.75. The van der Waals surface area contributed by atoms with E-state index in [1.54, 1.807) is 25.3 Å². The fourth-order valence-corrected chi connectivity index (χ4v) is 3.40.